The smallest absolute Gasteiger partial charge is 0.226 e. The molecule has 2 rings (SSSR count). The highest BCUT2D eigenvalue weighted by molar-refractivity contribution is 5.82. The fraction of sp³-hybridized carbons (Fsp3) is 0.632. The first-order valence-electron chi connectivity index (χ1n) is 8.70. The summed E-state index contributed by atoms with van der Waals surface area (Å²) in [5.74, 6) is 0.882. The maximum Gasteiger partial charge on any atom is 0.226 e. The van der Waals surface area contributed by atoms with Crippen molar-refractivity contribution in [1.82, 2.24) is 5.32 Å². The van der Waals surface area contributed by atoms with Crippen LogP contribution in [0.2, 0.25) is 0 Å². The van der Waals surface area contributed by atoms with E-state index in [1.54, 1.807) is 0 Å². The molecule has 1 aliphatic rings. The van der Waals surface area contributed by atoms with Gasteiger partial charge in [-0.05, 0) is 50.8 Å². The molecule has 1 unspecified atom stereocenters. The molecule has 0 heterocycles. The van der Waals surface area contributed by atoms with Gasteiger partial charge in [0.1, 0.15) is 5.75 Å². The van der Waals surface area contributed by atoms with E-state index < -0.39 is 6.10 Å². The average Bonchev–Trinajstić information content (AvgIpc) is 3.02. The van der Waals surface area contributed by atoms with E-state index in [0.717, 1.165) is 43.4 Å². The summed E-state index contributed by atoms with van der Waals surface area (Å²) >= 11 is 0. The number of aliphatic hydroxyl groups excluding tert-OH is 1. The van der Waals surface area contributed by atoms with Crippen molar-refractivity contribution in [3.8, 4) is 5.75 Å². The minimum Gasteiger partial charge on any atom is -0.491 e. The Morgan fingerprint density at radius 1 is 1.26 bits per heavy atom. The second-order valence-electron chi connectivity index (χ2n) is 6.80. The summed E-state index contributed by atoms with van der Waals surface area (Å²) in [5, 5.41) is 13.2. The molecule has 4 nitrogen and oxygen atoms in total. The molecule has 1 atom stereocenters. The van der Waals surface area contributed by atoms with Gasteiger partial charge in [0, 0.05) is 12.0 Å². The molecule has 1 aliphatic carbocycles. The first-order valence-corrected chi connectivity index (χ1v) is 8.70. The highest BCUT2D eigenvalue weighted by Crippen LogP contribution is 2.41. The van der Waals surface area contributed by atoms with Gasteiger partial charge < -0.3 is 15.2 Å². The Balaban J connectivity index is 1.89. The molecule has 1 aromatic carbocycles. The Hall–Kier alpha value is -1.55. The van der Waals surface area contributed by atoms with Crippen LogP contribution in [-0.2, 0) is 4.79 Å². The average molecular weight is 319 g/mol. The highest BCUT2D eigenvalue weighted by Gasteiger charge is 2.39. The third-order valence-electron chi connectivity index (χ3n) is 4.81. The minimum atomic E-state index is -0.692. The maximum atomic E-state index is 12.5. The molecule has 128 valence electrons. The van der Waals surface area contributed by atoms with E-state index in [4.69, 9.17) is 4.74 Å². The summed E-state index contributed by atoms with van der Waals surface area (Å²) in [4.78, 5) is 12.5. The van der Waals surface area contributed by atoms with E-state index in [1.807, 2.05) is 38.1 Å². The number of rotatable bonds is 7. The van der Waals surface area contributed by atoms with Gasteiger partial charge in [-0.2, -0.15) is 0 Å². The molecule has 1 saturated carbocycles. The normalized spacial score (nSPS) is 18.0. The lowest BCUT2D eigenvalue weighted by atomic mass is 9.82. The van der Waals surface area contributed by atoms with Gasteiger partial charge in [0.25, 0.3) is 0 Å². The number of amides is 1. The second kappa shape index (κ2) is 7.82. The van der Waals surface area contributed by atoms with Crippen molar-refractivity contribution in [3.05, 3.63) is 29.8 Å². The van der Waals surface area contributed by atoms with Crippen LogP contribution >= 0.6 is 0 Å². The van der Waals surface area contributed by atoms with Gasteiger partial charge in [-0.15, -0.1) is 0 Å². The lowest BCUT2D eigenvalue weighted by molar-refractivity contribution is -0.131. The standard InChI is InChI=1S/C19H29NO3/c1-4-19(11-5-6-12-19)18(22)20-13-17(21)15-7-9-16(10-8-15)23-14(2)3/h7-10,14,17,21H,4-6,11-13H2,1-3H3,(H,20,22). The SMILES string of the molecule is CCC1(C(=O)NCC(O)c2ccc(OC(C)C)cc2)CCCC1. The number of hydrogen-bond donors (Lipinski definition) is 2. The lowest BCUT2D eigenvalue weighted by Gasteiger charge is -2.26. The molecule has 1 aromatic rings. The second-order valence-corrected chi connectivity index (χ2v) is 6.80. The van der Waals surface area contributed by atoms with E-state index in [-0.39, 0.29) is 24.0 Å². The molecule has 23 heavy (non-hydrogen) atoms. The largest absolute Gasteiger partial charge is 0.491 e. The molecule has 1 fully saturated rings. The van der Waals surface area contributed by atoms with Gasteiger partial charge in [-0.3, -0.25) is 4.79 Å². The summed E-state index contributed by atoms with van der Waals surface area (Å²) in [5.41, 5.74) is 0.577. The molecule has 0 spiro atoms. The highest BCUT2D eigenvalue weighted by atomic mass is 16.5. The fourth-order valence-electron chi connectivity index (χ4n) is 3.33. The van der Waals surface area contributed by atoms with Gasteiger partial charge in [0.05, 0.1) is 12.2 Å². The summed E-state index contributed by atoms with van der Waals surface area (Å²) in [6.07, 6.45) is 4.49. The predicted octanol–water partition coefficient (Wildman–Crippen LogP) is 3.59. The third-order valence-corrected chi connectivity index (χ3v) is 4.81. The topological polar surface area (TPSA) is 58.6 Å². The van der Waals surface area contributed by atoms with Crippen molar-refractivity contribution in [2.45, 2.75) is 65.1 Å². The third kappa shape index (κ3) is 4.47. The zero-order valence-corrected chi connectivity index (χ0v) is 14.5. The molecule has 0 bridgehead atoms. The molecule has 0 aromatic heterocycles. The van der Waals surface area contributed by atoms with Crippen LogP contribution in [0.3, 0.4) is 0 Å². The van der Waals surface area contributed by atoms with Gasteiger partial charge >= 0.3 is 0 Å². The Bertz CT molecular complexity index is 504. The summed E-state index contributed by atoms with van der Waals surface area (Å²) in [6, 6.07) is 7.40. The molecular weight excluding hydrogens is 290 g/mol. The van der Waals surface area contributed by atoms with Gasteiger partial charge in [-0.25, -0.2) is 0 Å². The van der Waals surface area contributed by atoms with Gasteiger partial charge in [0.2, 0.25) is 5.91 Å². The molecule has 1 amide bonds. The van der Waals surface area contributed by atoms with Crippen LogP contribution in [-0.4, -0.2) is 23.7 Å². The van der Waals surface area contributed by atoms with Crippen LogP contribution in [0, 0.1) is 5.41 Å². The zero-order valence-electron chi connectivity index (χ0n) is 14.5. The number of nitrogens with one attached hydrogen (secondary N) is 1. The first-order chi connectivity index (χ1) is 11.0. The molecule has 0 saturated heterocycles. The number of ether oxygens (including phenoxy) is 1. The van der Waals surface area contributed by atoms with Crippen LogP contribution in [0.5, 0.6) is 5.75 Å². The van der Waals surface area contributed by atoms with Crippen molar-refractivity contribution in [2.24, 2.45) is 5.41 Å². The summed E-state index contributed by atoms with van der Waals surface area (Å²) in [7, 11) is 0. The van der Waals surface area contributed by atoms with E-state index in [0.29, 0.717) is 0 Å². The first kappa shape index (κ1) is 17.8. The number of benzene rings is 1. The number of hydrogen-bond acceptors (Lipinski definition) is 3. The molecule has 0 aliphatic heterocycles. The Morgan fingerprint density at radius 2 is 1.87 bits per heavy atom. The van der Waals surface area contributed by atoms with Crippen molar-refractivity contribution < 1.29 is 14.6 Å². The quantitative estimate of drug-likeness (QED) is 0.807. The van der Waals surface area contributed by atoms with E-state index in [1.165, 1.54) is 0 Å². The van der Waals surface area contributed by atoms with Crippen molar-refractivity contribution >= 4 is 5.91 Å². The van der Waals surface area contributed by atoms with Crippen molar-refractivity contribution in [1.29, 1.82) is 0 Å². The van der Waals surface area contributed by atoms with Gasteiger partial charge in [-0.1, -0.05) is 31.9 Å². The molecule has 4 heteroatoms. The Labute approximate surface area is 139 Å². The van der Waals surface area contributed by atoms with Crippen LogP contribution in [0.1, 0.15) is 64.5 Å². The fourth-order valence-corrected chi connectivity index (χ4v) is 3.33. The van der Waals surface area contributed by atoms with Crippen molar-refractivity contribution in [3.63, 3.8) is 0 Å². The van der Waals surface area contributed by atoms with E-state index in [9.17, 15) is 9.90 Å². The van der Waals surface area contributed by atoms with Gasteiger partial charge in [0.15, 0.2) is 0 Å². The minimum absolute atomic E-state index is 0.0938. The molecule has 0 radical (unpaired) electrons. The maximum absolute atomic E-state index is 12.5. The van der Waals surface area contributed by atoms with Crippen molar-refractivity contribution in [2.75, 3.05) is 6.54 Å². The molecule has 2 N–H and O–H groups in total. The molecular formula is C19H29NO3. The number of aliphatic hydroxyl groups is 1. The number of carbonyl (C=O) groups is 1. The monoisotopic (exact) mass is 319 g/mol. The summed E-state index contributed by atoms with van der Waals surface area (Å²) < 4.78 is 5.59. The summed E-state index contributed by atoms with van der Waals surface area (Å²) in [6.45, 7) is 6.29. The van der Waals surface area contributed by atoms with Crippen LogP contribution in [0.4, 0.5) is 0 Å². The van der Waals surface area contributed by atoms with Crippen LogP contribution in [0.25, 0.3) is 0 Å². The lowest BCUT2D eigenvalue weighted by Crippen LogP contribution is -2.40. The predicted molar refractivity (Wildman–Crippen MR) is 91.4 cm³/mol. The number of carbonyl (C=O) groups excluding carboxylic acids is 1. The van der Waals surface area contributed by atoms with E-state index in [2.05, 4.69) is 12.2 Å². The Morgan fingerprint density at radius 3 is 2.39 bits per heavy atom. The Kier molecular flexibility index (Phi) is 6.05. The van der Waals surface area contributed by atoms with Crippen LogP contribution < -0.4 is 10.1 Å². The van der Waals surface area contributed by atoms with Crippen LogP contribution in [0.15, 0.2) is 24.3 Å². The zero-order chi connectivity index (χ0) is 16.9. The van der Waals surface area contributed by atoms with E-state index >= 15 is 0 Å².